The Bertz CT molecular complexity index is 499. The lowest BCUT2D eigenvalue weighted by atomic mass is 10.2. The van der Waals surface area contributed by atoms with Crippen LogP contribution in [0.1, 0.15) is 12.5 Å². The van der Waals surface area contributed by atoms with Crippen LogP contribution in [-0.2, 0) is 11.3 Å². The molecule has 0 unspecified atom stereocenters. The summed E-state index contributed by atoms with van der Waals surface area (Å²) >= 11 is 6.04. The van der Waals surface area contributed by atoms with Crippen LogP contribution >= 0.6 is 11.6 Å². The lowest BCUT2D eigenvalue weighted by Crippen LogP contribution is -2.52. The van der Waals surface area contributed by atoms with Crippen molar-refractivity contribution >= 4 is 23.5 Å². The average Bonchev–Trinajstić information content (AvgIpc) is 2.46. The van der Waals surface area contributed by atoms with Gasteiger partial charge in [-0.15, -0.1) is 0 Å². The first kappa shape index (κ1) is 14.7. The lowest BCUT2D eigenvalue weighted by Gasteiger charge is -2.34. The molecule has 0 radical (unpaired) electrons. The van der Waals surface area contributed by atoms with E-state index in [-0.39, 0.29) is 11.9 Å². The Balaban J connectivity index is 1.82. The minimum Gasteiger partial charge on any atom is -0.339 e. The van der Waals surface area contributed by atoms with Crippen molar-refractivity contribution in [2.24, 2.45) is 0 Å². The zero-order valence-electron chi connectivity index (χ0n) is 11.4. The van der Waals surface area contributed by atoms with Crippen LogP contribution in [0.4, 0.5) is 4.79 Å². The van der Waals surface area contributed by atoms with Crippen LogP contribution in [0, 0.1) is 0 Å². The van der Waals surface area contributed by atoms with Gasteiger partial charge in [-0.05, 0) is 11.6 Å². The molecule has 0 saturated carbocycles. The lowest BCUT2D eigenvalue weighted by molar-refractivity contribution is -0.130. The third kappa shape index (κ3) is 3.63. The van der Waals surface area contributed by atoms with E-state index in [9.17, 15) is 9.59 Å². The van der Waals surface area contributed by atoms with Crippen molar-refractivity contribution < 1.29 is 9.59 Å². The van der Waals surface area contributed by atoms with E-state index in [1.165, 1.54) is 0 Å². The molecule has 0 atom stereocenters. The SMILES string of the molecule is CC(=O)N1CCN(C(=O)NCc2ccccc2Cl)CC1. The maximum Gasteiger partial charge on any atom is 0.317 e. The number of hydrogen-bond acceptors (Lipinski definition) is 2. The number of carbonyl (C=O) groups excluding carboxylic acids is 2. The largest absolute Gasteiger partial charge is 0.339 e. The summed E-state index contributed by atoms with van der Waals surface area (Å²) in [6.45, 7) is 4.27. The van der Waals surface area contributed by atoms with Gasteiger partial charge in [0.2, 0.25) is 5.91 Å². The fourth-order valence-electron chi connectivity index (χ4n) is 2.15. The normalized spacial score (nSPS) is 15.1. The number of urea groups is 1. The first-order valence-corrected chi connectivity index (χ1v) is 6.97. The predicted octanol–water partition coefficient (Wildman–Crippen LogP) is 1.71. The van der Waals surface area contributed by atoms with Crippen LogP contribution < -0.4 is 5.32 Å². The van der Waals surface area contributed by atoms with E-state index in [0.717, 1.165) is 5.56 Å². The zero-order valence-corrected chi connectivity index (χ0v) is 12.2. The Kier molecular flexibility index (Phi) is 4.84. The Morgan fingerprint density at radius 3 is 2.35 bits per heavy atom. The van der Waals surface area contributed by atoms with Gasteiger partial charge in [0.25, 0.3) is 0 Å². The highest BCUT2D eigenvalue weighted by molar-refractivity contribution is 6.31. The Hall–Kier alpha value is -1.75. The number of rotatable bonds is 2. The van der Waals surface area contributed by atoms with E-state index >= 15 is 0 Å². The Morgan fingerprint density at radius 2 is 1.75 bits per heavy atom. The summed E-state index contributed by atoms with van der Waals surface area (Å²) in [6, 6.07) is 7.31. The zero-order chi connectivity index (χ0) is 14.5. The number of nitrogens with zero attached hydrogens (tertiary/aromatic N) is 2. The van der Waals surface area contributed by atoms with Crippen molar-refractivity contribution in [3.05, 3.63) is 34.9 Å². The van der Waals surface area contributed by atoms with Gasteiger partial charge in [-0.3, -0.25) is 4.79 Å². The molecule has 1 fully saturated rings. The summed E-state index contributed by atoms with van der Waals surface area (Å²) < 4.78 is 0. The monoisotopic (exact) mass is 295 g/mol. The summed E-state index contributed by atoms with van der Waals surface area (Å²) in [5.74, 6) is 0.0566. The molecular weight excluding hydrogens is 278 g/mol. The minimum atomic E-state index is -0.117. The van der Waals surface area contributed by atoms with E-state index in [4.69, 9.17) is 11.6 Å². The first-order chi connectivity index (χ1) is 9.58. The number of nitrogens with one attached hydrogen (secondary N) is 1. The molecule has 5 nitrogen and oxygen atoms in total. The van der Waals surface area contributed by atoms with E-state index in [2.05, 4.69) is 5.32 Å². The highest BCUT2D eigenvalue weighted by atomic mass is 35.5. The standard InChI is InChI=1S/C14H18ClN3O2/c1-11(19)17-6-8-18(9-7-17)14(20)16-10-12-4-2-3-5-13(12)15/h2-5H,6-10H2,1H3,(H,16,20). The summed E-state index contributed by atoms with van der Waals surface area (Å²) in [4.78, 5) is 26.7. The molecule has 0 aliphatic carbocycles. The number of amides is 3. The third-order valence-corrected chi connectivity index (χ3v) is 3.77. The highest BCUT2D eigenvalue weighted by Gasteiger charge is 2.21. The number of benzene rings is 1. The van der Waals surface area contributed by atoms with Crippen molar-refractivity contribution in [2.45, 2.75) is 13.5 Å². The quantitative estimate of drug-likeness (QED) is 0.903. The van der Waals surface area contributed by atoms with Gasteiger partial charge in [-0.1, -0.05) is 29.8 Å². The second-order valence-electron chi connectivity index (χ2n) is 4.74. The molecule has 1 aliphatic heterocycles. The molecule has 1 N–H and O–H groups in total. The summed E-state index contributed by atoms with van der Waals surface area (Å²) in [5.41, 5.74) is 0.893. The van der Waals surface area contributed by atoms with Crippen molar-refractivity contribution in [3.8, 4) is 0 Å². The van der Waals surface area contributed by atoms with Crippen molar-refractivity contribution in [2.75, 3.05) is 26.2 Å². The van der Waals surface area contributed by atoms with Crippen molar-refractivity contribution in [1.29, 1.82) is 0 Å². The first-order valence-electron chi connectivity index (χ1n) is 6.59. The molecule has 1 heterocycles. The predicted molar refractivity (Wildman–Crippen MR) is 77.5 cm³/mol. The van der Waals surface area contributed by atoms with Gasteiger partial charge in [0.1, 0.15) is 0 Å². The molecule has 1 aromatic rings. The van der Waals surface area contributed by atoms with E-state index < -0.39 is 0 Å². The Labute approximate surface area is 123 Å². The molecular formula is C14H18ClN3O2. The maximum atomic E-state index is 12.0. The van der Waals surface area contributed by atoms with Crippen LogP contribution in [0.25, 0.3) is 0 Å². The van der Waals surface area contributed by atoms with E-state index in [1.807, 2.05) is 18.2 Å². The molecule has 1 aromatic carbocycles. The van der Waals surface area contributed by atoms with Crippen LogP contribution in [0.15, 0.2) is 24.3 Å². The molecule has 3 amide bonds. The van der Waals surface area contributed by atoms with Crippen molar-refractivity contribution in [1.82, 2.24) is 15.1 Å². The fraction of sp³-hybridized carbons (Fsp3) is 0.429. The molecule has 108 valence electrons. The molecule has 20 heavy (non-hydrogen) atoms. The van der Waals surface area contributed by atoms with Gasteiger partial charge in [0, 0.05) is 44.7 Å². The summed E-state index contributed by atoms with van der Waals surface area (Å²) in [7, 11) is 0. The molecule has 0 spiro atoms. The summed E-state index contributed by atoms with van der Waals surface area (Å²) in [6.07, 6.45) is 0. The van der Waals surface area contributed by atoms with Crippen molar-refractivity contribution in [3.63, 3.8) is 0 Å². The van der Waals surface area contributed by atoms with E-state index in [0.29, 0.717) is 37.7 Å². The number of hydrogen-bond donors (Lipinski definition) is 1. The number of piperazine rings is 1. The van der Waals surface area contributed by atoms with Crippen LogP contribution in [0.5, 0.6) is 0 Å². The second kappa shape index (κ2) is 6.61. The third-order valence-electron chi connectivity index (χ3n) is 3.40. The molecule has 0 aromatic heterocycles. The van der Waals surface area contributed by atoms with Crippen LogP contribution in [0.3, 0.4) is 0 Å². The maximum absolute atomic E-state index is 12.0. The van der Waals surface area contributed by atoms with Gasteiger partial charge in [-0.2, -0.15) is 0 Å². The fourth-order valence-corrected chi connectivity index (χ4v) is 2.35. The molecule has 1 aliphatic rings. The van der Waals surface area contributed by atoms with Gasteiger partial charge in [0.05, 0.1) is 0 Å². The molecule has 1 saturated heterocycles. The Morgan fingerprint density at radius 1 is 1.15 bits per heavy atom. The van der Waals surface area contributed by atoms with Gasteiger partial charge < -0.3 is 15.1 Å². The number of carbonyl (C=O) groups is 2. The van der Waals surface area contributed by atoms with Gasteiger partial charge >= 0.3 is 6.03 Å². The topological polar surface area (TPSA) is 52.7 Å². The molecule has 6 heteroatoms. The van der Waals surface area contributed by atoms with Crippen LogP contribution in [0.2, 0.25) is 5.02 Å². The van der Waals surface area contributed by atoms with E-state index in [1.54, 1.807) is 22.8 Å². The minimum absolute atomic E-state index is 0.0566. The van der Waals surface area contributed by atoms with Gasteiger partial charge in [0.15, 0.2) is 0 Å². The summed E-state index contributed by atoms with van der Waals surface area (Å²) in [5, 5.41) is 3.50. The van der Waals surface area contributed by atoms with Gasteiger partial charge in [-0.25, -0.2) is 4.79 Å². The average molecular weight is 296 g/mol. The smallest absolute Gasteiger partial charge is 0.317 e. The molecule has 0 bridgehead atoms. The molecule has 2 rings (SSSR count). The number of halogens is 1. The van der Waals surface area contributed by atoms with Crippen LogP contribution in [-0.4, -0.2) is 47.9 Å². The highest BCUT2D eigenvalue weighted by Crippen LogP contribution is 2.14. The second-order valence-corrected chi connectivity index (χ2v) is 5.15.